The second-order valence-electron chi connectivity index (χ2n) is 4.86. The fourth-order valence-electron chi connectivity index (χ4n) is 2.14. The molecule has 1 heterocycles. The third-order valence-electron chi connectivity index (χ3n) is 3.27. The third-order valence-corrected chi connectivity index (χ3v) is 4.24. The van der Waals surface area contributed by atoms with Gasteiger partial charge in [-0.3, -0.25) is 0 Å². The van der Waals surface area contributed by atoms with E-state index in [4.69, 9.17) is 10.7 Å². The quantitative estimate of drug-likeness (QED) is 0.729. The maximum absolute atomic E-state index is 6.08. The van der Waals surface area contributed by atoms with Crippen LogP contribution < -0.4 is 5.73 Å². The minimum Gasteiger partial charge on any atom is -0.389 e. The van der Waals surface area contributed by atoms with Crippen LogP contribution in [0.3, 0.4) is 0 Å². The molecule has 3 heteroatoms. The molecule has 0 saturated carbocycles. The predicted molar refractivity (Wildman–Crippen MR) is 84.4 cm³/mol. The first-order valence-electron chi connectivity index (χ1n) is 7.12. The normalized spacial score (nSPS) is 10.8. The summed E-state index contributed by atoms with van der Waals surface area (Å²) in [5.74, 6) is 0. The summed E-state index contributed by atoms with van der Waals surface area (Å²) in [6.45, 7) is 2.24. The highest BCUT2D eigenvalue weighted by molar-refractivity contribution is 7.18. The molecule has 0 atom stereocenters. The number of nitrogens with zero attached hydrogens (tertiary/aromatic N) is 1. The van der Waals surface area contributed by atoms with Gasteiger partial charge in [0.25, 0.3) is 0 Å². The molecule has 0 aliphatic rings. The first-order chi connectivity index (χ1) is 9.31. The highest BCUT2D eigenvalue weighted by Crippen LogP contribution is 2.30. The number of aryl methyl sites for hydroxylation is 1. The zero-order valence-corrected chi connectivity index (χ0v) is 12.4. The van der Waals surface area contributed by atoms with Gasteiger partial charge >= 0.3 is 0 Å². The van der Waals surface area contributed by atoms with Gasteiger partial charge in [-0.25, -0.2) is 4.98 Å². The number of hydrogen-bond acceptors (Lipinski definition) is 3. The molecule has 0 saturated heterocycles. The largest absolute Gasteiger partial charge is 0.389 e. The van der Waals surface area contributed by atoms with Gasteiger partial charge < -0.3 is 5.73 Å². The van der Waals surface area contributed by atoms with E-state index in [0.29, 0.717) is 0 Å². The molecule has 102 valence electrons. The van der Waals surface area contributed by atoms with E-state index in [2.05, 4.69) is 19.1 Å². The van der Waals surface area contributed by atoms with Crippen LogP contribution in [0.25, 0.3) is 10.6 Å². The molecule has 0 radical (unpaired) electrons. The van der Waals surface area contributed by atoms with Crippen LogP contribution in [0.15, 0.2) is 30.3 Å². The molecule has 1 aromatic carbocycles. The van der Waals surface area contributed by atoms with E-state index >= 15 is 0 Å². The summed E-state index contributed by atoms with van der Waals surface area (Å²) >= 11 is 1.60. The number of aromatic nitrogens is 1. The number of benzene rings is 1. The zero-order valence-electron chi connectivity index (χ0n) is 11.6. The molecule has 2 aromatic rings. The summed E-state index contributed by atoms with van der Waals surface area (Å²) in [5.41, 5.74) is 8.32. The van der Waals surface area contributed by atoms with Crippen molar-refractivity contribution in [1.82, 2.24) is 4.98 Å². The van der Waals surface area contributed by atoms with E-state index in [1.807, 2.05) is 18.2 Å². The second kappa shape index (κ2) is 7.29. The Morgan fingerprint density at radius 1 is 1.05 bits per heavy atom. The lowest BCUT2D eigenvalue weighted by atomic mass is 10.1. The zero-order chi connectivity index (χ0) is 13.5. The van der Waals surface area contributed by atoms with Gasteiger partial charge in [0.05, 0.1) is 5.69 Å². The molecular formula is C16H22N2S. The Balaban J connectivity index is 1.94. The average molecular weight is 274 g/mol. The molecule has 0 aliphatic carbocycles. The van der Waals surface area contributed by atoms with Crippen LogP contribution >= 0.6 is 11.3 Å². The molecule has 2 N–H and O–H groups in total. The van der Waals surface area contributed by atoms with Crippen molar-refractivity contribution in [1.29, 1.82) is 0 Å². The lowest BCUT2D eigenvalue weighted by Gasteiger charge is -1.99. The second-order valence-corrected chi connectivity index (χ2v) is 5.89. The maximum Gasteiger partial charge on any atom is 0.125 e. The minimum absolute atomic E-state index is 0.884. The van der Waals surface area contributed by atoms with Gasteiger partial charge in [0, 0.05) is 5.56 Å². The van der Waals surface area contributed by atoms with E-state index in [0.717, 1.165) is 27.7 Å². The highest BCUT2D eigenvalue weighted by atomic mass is 32.1. The summed E-state index contributed by atoms with van der Waals surface area (Å²) in [6, 6.07) is 10.3. The lowest BCUT2D eigenvalue weighted by molar-refractivity contribution is 0.629. The van der Waals surface area contributed by atoms with Gasteiger partial charge in [-0.15, -0.1) is 0 Å². The van der Waals surface area contributed by atoms with Crippen molar-refractivity contribution in [2.45, 2.75) is 45.4 Å². The third kappa shape index (κ3) is 4.06. The number of nitrogens with two attached hydrogens (primary N) is 1. The Hall–Kier alpha value is -1.35. The topological polar surface area (TPSA) is 38.9 Å². The molecule has 19 heavy (non-hydrogen) atoms. The molecular weight excluding hydrogens is 252 g/mol. The molecule has 2 rings (SSSR count). The molecule has 1 aromatic heterocycles. The first-order valence-corrected chi connectivity index (χ1v) is 7.93. The van der Waals surface area contributed by atoms with Crippen molar-refractivity contribution in [3.63, 3.8) is 0 Å². The summed E-state index contributed by atoms with van der Waals surface area (Å²) in [7, 11) is 0. The number of hydrogen-bond donors (Lipinski definition) is 1. The maximum atomic E-state index is 6.08. The van der Waals surface area contributed by atoms with E-state index in [-0.39, 0.29) is 0 Å². The van der Waals surface area contributed by atoms with Crippen LogP contribution in [0.1, 0.15) is 44.7 Å². The SMILES string of the molecule is CCCCCCCc1nc(-c2ccccc2)sc1N. The van der Waals surface area contributed by atoms with Crippen molar-refractivity contribution in [2.24, 2.45) is 0 Å². The van der Waals surface area contributed by atoms with Gasteiger partial charge in [-0.2, -0.15) is 0 Å². The molecule has 0 unspecified atom stereocenters. The van der Waals surface area contributed by atoms with Crippen LogP contribution in [0, 0.1) is 0 Å². The van der Waals surface area contributed by atoms with Gasteiger partial charge in [-0.1, -0.05) is 74.3 Å². The highest BCUT2D eigenvalue weighted by Gasteiger charge is 2.09. The van der Waals surface area contributed by atoms with E-state index in [9.17, 15) is 0 Å². The van der Waals surface area contributed by atoms with Crippen molar-refractivity contribution in [3.05, 3.63) is 36.0 Å². The first kappa shape index (κ1) is 14.1. The fourth-order valence-corrected chi connectivity index (χ4v) is 3.03. The Morgan fingerprint density at radius 2 is 1.79 bits per heavy atom. The Labute approximate surface area is 119 Å². The number of anilines is 1. The van der Waals surface area contributed by atoms with Gasteiger partial charge in [0.1, 0.15) is 10.0 Å². The molecule has 0 aliphatic heterocycles. The van der Waals surface area contributed by atoms with E-state index in [1.54, 1.807) is 11.3 Å². The lowest BCUT2D eigenvalue weighted by Crippen LogP contribution is -1.92. The van der Waals surface area contributed by atoms with Crippen molar-refractivity contribution in [2.75, 3.05) is 5.73 Å². The van der Waals surface area contributed by atoms with Crippen molar-refractivity contribution in [3.8, 4) is 10.6 Å². The van der Waals surface area contributed by atoms with Crippen molar-refractivity contribution < 1.29 is 0 Å². The number of nitrogen functional groups attached to an aromatic ring is 1. The van der Waals surface area contributed by atoms with Gasteiger partial charge in [-0.05, 0) is 12.8 Å². The number of thiazole rings is 1. The van der Waals surface area contributed by atoms with Crippen molar-refractivity contribution >= 4 is 16.3 Å². The molecule has 0 fully saturated rings. The van der Waals surface area contributed by atoms with E-state index in [1.165, 1.54) is 32.1 Å². The smallest absolute Gasteiger partial charge is 0.125 e. The number of rotatable bonds is 7. The Morgan fingerprint density at radius 3 is 2.53 bits per heavy atom. The van der Waals surface area contributed by atoms with Gasteiger partial charge in [0.2, 0.25) is 0 Å². The number of unbranched alkanes of at least 4 members (excludes halogenated alkanes) is 4. The van der Waals surface area contributed by atoms with E-state index < -0.39 is 0 Å². The molecule has 0 amide bonds. The Kier molecular flexibility index (Phi) is 5.40. The summed E-state index contributed by atoms with van der Waals surface area (Å²) < 4.78 is 0. The molecule has 0 spiro atoms. The minimum atomic E-state index is 0.884. The van der Waals surface area contributed by atoms with Gasteiger partial charge in [0.15, 0.2) is 0 Å². The molecule has 2 nitrogen and oxygen atoms in total. The summed E-state index contributed by atoms with van der Waals surface area (Å²) in [4.78, 5) is 4.69. The van der Waals surface area contributed by atoms with Crippen LogP contribution in [0.4, 0.5) is 5.00 Å². The van der Waals surface area contributed by atoms with Crippen LogP contribution in [0.2, 0.25) is 0 Å². The fraction of sp³-hybridized carbons (Fsp3) is 0.438. The van der Waals surface area contributed by atoms with Crippen LogP contribution in [-0.2, 0) is 6.42 Å². The summed E-state index contributed by atoms with van der Waals surface area (Å²) in [6.07, 6.45) is 7.44. The average Bonchev–Trinajstić information content (AvgIpc) is 2.81. The predicted octanol–water partition coefficient (Wildman–Crippen LogP) is 4.91. The monoisotopic (exact) mass is 274 g/mol. The summed E-state index contributed by atoms with van der Waals surface area (Å²) in [5, 5.41) is 1.93. The standard InChI is InChI=1S/C16H22N2S/c1-2-3-4-5-9-12-14-15(17)19-16(18-14)13-10-7-6-8-11-13/h6-8,10-11H,2-5,9,12,17H2,1H3. The van der Waals surface area contributed by atoms with Crippen LogP contribution in [0.5, 0.6) is 0 Å². The Bertz CT molecular complexity index is 491. The molecule has 0 bridgehead atoms. The van der Waals surface area contributed by atoms with Crippen LogP contribution in [-0.4, -0.2) is 4.98 Å².